The summed E-state index contributed by atoms with van der Waals surface area (Å²) in [6, 6.07) is 0.821. The standard InChI is InChI=1S/C8H16N2/c1-8-4-3-7(5-9-8)10(2)6-8/h7,9H,3-6H2,1-2H3/t7-,8+/m0/s1. The Bertz CT molecular complexity index is 136. The molecule has 0 aromatic rings. The lowest BCUT2D eigenvalue weighted by molar-refractivity contribution is 0.0480. The minimum atomic E-state index is 0.434. The van der Waals surface area contributed by atoms with Crippen molar-refractivity contribution in [3.8, 4) is 0 Å². The summed E-state index contributed by atoms with van der Waals surface area (Å²) in [6.45, 7) is 4.77. The molecule has 0 aromatic heterocycles. The Kier molecular flexibility index (Phi) is 1.29. The largest absolute Gasteiger partial charge is 0.309 e. The van der Waals surface area contributed by atoms with E-state index in [2.05, 4.69) is 24.2 Å². The second-order valence-corrected chi connectivity index (χ2v) is 4.05. The summed E-state index contributed by atoms with van der Waals surface area (Å²) in [5.41, 5.74) is 0.434. The van der Waals surface area contributed by atoms with Gasteiger partial charge in [-0.25, -0.2) is 0 Å². The summed E-state index contributed by atoms with van der Waals surface area (Å²) in [4.78, 5) is 2.49. The van der Waals surface area contributed by atoms with Crippen molar-refractivity contribution in [1.29, 1.82) is 0 Å². The van der Waals surface area contributed by atoms with Crippen molar-refractivity contribution in [3.63, 3.8) is 0 Å². The Morgan fingerprint density at radius 2 is 2.40 bits per heavy atom. The highest BCUT2D eigenvalue weighted by Crippen LogP contribution is 2.28. The Hall–Kier alpha value is -0.0800. The van der Waals surface area contributed by atoms with Crippen molar-refractivity contribution in [2.45, 2.75) is 31.3 Å². The SMILES string of the molecule is CN1C[C@@]2(C)CC[C@H]1CN2. The van der Waals surface area contributed by atoms with E-state index in [9.17, 15) is 0 Å². The van der Waals surface area contributed by atoms with Gasteiger partial charge in [0.05, 0.1) is 0 Å². The van der Waals surface area contributed by atoms with E-state index in [-0.39, 0.29) is 0 Å². The Morgan fingerprint density at radius 1 is 1.60 bits per heavy atom. The van der Waals surface area contributed by atoms with E-state index in [0.29, 0.717) is 5.54 Å². The molecule has 3 aliphatic rings. The van der Waals surface area contributed by atoms with E-state index in [1.165, 1.54) is 25.9 Å². The first-order valence-corrected chi connectivity index (χ1v) is 4.15. The van der Waals surface area contributed by atoms with E-state index in [1.54, 1.807) is 0 Å². The van der Waals surface area contributed by atoms with Gasteiger partial charge in [0, 0.05) is 24.7 Å². The van der Waals surface area contributed by atoms with Crippen molar-refractivity contribution < 1.29 is 0 Å². The van der Waals surface area contributed by atoms with Crippen LogP contribution in [0.15, 0.2) is 0 Å². The summed E-state index contributed by atoms with van der Waals surface area (Å²) < 4.78 is 0. The minimum Gasteiger partial charge on any atom is -0.309 e. The van der Waals surface area contributed by atoms with E-state index in [4.69, 9.17) is 0 Å². The van der Waals surface area contributed by atoms with Gasteiger partial charge in [0.15, 0.2) is 0 Å². The average molecular weight is 140 g/mol. The zero-order chi connectivity index (χ0) is 7.19. The van der Waals surface area contributed by atoms with Crippen LogP contribution in [-0.2, 0) is 0 Å². The fourth-order valence-electron chi connectivity index (χ4n) is 2.23. The molecule has 0 saturated carbocycles. The molecule has 0 aromatic carbocycles. The monoisotopic (exact) mass is 140 g/mol. The van der Waals surface area contributed by atoms with E-state index >= 15 is 0 Å². The molecular weight excluding hydrogens is 124 g/mol. The predicted molar refractivity (Wildman–Crippen MR) is 42.1 cm³/mol. The molecule has 0 unspecified atom stereocenters. The van der Waals surface area contributed by atoms with Gasteiger partial charge in [0.1, 0.15) is 0 Å². The molecule has 2 atom stereocenters. The van der Waals surface area contributed by atoms with E-state index in [1.807, 2.05) is 0 Å². The molecule has 0 spiro atoms. The van der Waals surface area contributed by atoms with Gasteiger partial charge >= 0.3 is 0 Å². The molecule has 1 N–H and O–H groups in total. The maximum absolute atomic E-state index is 3.58. The van der Waals surface area contributed by atoms with Crippen molar-refractivity contribution in [1.82, 2.24) is 10.2 Å². The number of fused-ring (bicyclic) bond motifs is 3. The molecule has 2 heteroatoms. The maximum Gasteiger partial charge on any atom is 0.0281 e. The van der Waals surface area contributed by atoms with Crippen LogP contribution in [0.1, 0.15) is 19.8 Å². The van der Waals surface area contributed by atoms with Gasteiger partial charge in [-0.2, -0.15) is 0 Å². The number of piperazine rings is 1. The number of nitrogens with zero attached hydrogens (tertiary/aromatic N) is 1. The van der Waals surface area contributed by atoms with Crippen molar-refractivity contribution in [2.24, 2.45) is 0 Å². The molecule has 3 saturated heterocycles. The van der Waals surface area contributed by atoms with Gasteiger partial charge in [0.2, 0.25) is 0 Å². The minimum absolute atomic E-state index is 0.434. The number of hydrogen-bond acceptors (Lipinski definition) is 2. The van der Waals surface area contributed by atoms with Crippen LogP contribution in [0, 0.1) is 0 Å². The quantitative estimate of drug-likeness (QED) is 0.525. The first-order valence-electron chi connectivity index (χ1n) is 4.15. The highest BCUT2D eigenvalue weighted by molar-refractivity contribution is 4.99. The first kappa shape index (κ1) is 6.62. The predicted octanol–water partition coefficient (Wildman–Crippen LogP) is 0.442. The highest BCUT2D eigenvalue weighted by Gasteiger charge is 2.39. The van der Waals surface area contributed by atoms with Crippen LogP contribution < -0.4 is 5.32 Å². The van der Waals surface area contributed by atoms with Crippen LogP contribution in [-0.4, -0.2) is 36.6 Å². The van der Waals surface area contributed by atoms with E-state index in [0.717, 1.165) is 6.04 Å². The second kappa shape index (κ2) is 1.95. The number of rotatable bonds is 0. The topological polar surface area (TPSA) is 15.3 Å². The lowest BCUT2D eigenvalue weighted by Crippen LogP contribution is -2.66. The van der Waals surface area contributed by atoms with Gasteiger partial charge in [0.25, 0.3) is 0 Å². The maximum atomic E-state index is 3.58. The number of likely N-dealkylation sites (N-methyl/N-ethyl adjacent to an activating group) is 1. The molecule has 0 radical (unpaired) electrons. The fourth-order valence-corrected chi connectivity index (χ4v) is 2.23. The van der Waals surface area contributed by atoms with Crippen LogP contribution in [0.3, 0.4) is 0 Å². The normalized spacial score (nSPS) is 48.0. The zero-order valence-electron chi connectivity index (χ0n) is 6.85. The molecular formula is C8H16N2. The lowest BCUT2D eigenvalue weighted by atomic mass is 9.83. The Balaban J connectivity index is 2.14. The lowest BCUT2D eigenvalue weighted by Gasteiger charge is -2.50. The average Bonchev–Trinajstić information content (AvgIpc) is 1.87. The van der Waals surface area contributed by atoms with Gasteiger partial charge < -0.3 is 10.2 Å². The number of nitrogens with one attached hydrogen (secondary N) is 1. The highest BCUT2D eigenvalue weighted by atomic mass is 15.2. The van der Waals surface area contributed by atoms with Gasteiger partial charge in [-0.15, -0.1) is 0 Å². The number of hydrogen-bond donors (Lipinski definition) is 1. The molecule has 3 rings (SSSR count). The summed E-state index contributed by atoms with van der Waals surface area (Å²) in [6.07, 6.45) is 2.75. The molecule has 0 amide bonds. The molecule has 0 aliphatic carbocycles. The van der Waals surface area contributed by atoms with Gasteiger partial charge in [-0.1, -0.05) is 0 Å². The molecule has 2 bridgehead atoms. The third-order valence-electron chi connectivity index (χ3n) is 3.02. The van der Waals surface area contributed by atoms with Crippen molar-refractivity contribution in [3.05, 3.63) is 0 Å². The van der Waals surface area contributed by atoms with Gasteiger partial charge in [-0.3, -0.25) is 0 Å². The smallest absolute Gasteiger partial charge is 0.0281 e. The Morgan fingerprint density at radius 3 is 2.70 bits per heavy atom. The summed E-state index contributed by atoms with van der Waals surface area (Å²) in [7, 11) is 2.24. The van der Waals surface area contributed by atoms with Gasteiger partial charge in [-0.05, 0) is 26.8 Å². The molecule has 3 fully saturated rings. The van der Waals surface area contributed by atoms with Crippen molar-refractivity contribution >= 4 is 0 Å². The summed E-state index contributed by atoms with van der Waals surface area (Å²) in [5, 5.41) is 3.58. The molecule has 2 nitrogen and oxygen atoms in total. The van der Waals surface area contributed by atoms with Crippen LogP contribution >= 0.6 is 0 Å². The molecule has 3 heterocycles. The summed E-state index contributed by atoms with van der Waals surface area (Å²) >= 11 is 0. The summed E-state index contributed by atoms with van der Waals surface area (Å²) in [5.74, 6) is 0. The van der Waals surface area contributed by atoms with Crippen LogP contribution in [0.4, 0.5) is 0 Å². The molecule has 3 aliphatic heterocycles. The third kappa shape index (κ3) is 0.867. The van der Waals surface area contributed by atoms with Crippen LogP contribution in [0.25, 0.3) is 0 Å². The van der Waals surface area contributed by atoms with Crippen molar-refractivity contribution in [2.75, 3.05) is 20.1 Å². The fraction of sp³-hybridized carbons (Fsp3) is 1.00. The second-order valence-electron chi connectivity index (χ2n) is 4.05. The van der Waals surface area contributed by atoms with Crippen LogP contribution in [0.2, 0.25) is 0 Å². The molecule has 10 heavy (non-hydrogen) atoms. The number of piperidine rings is 2. The van der Waals surface area contributed by atoms with Crippen LogP contribution in [0.5, 0.6) is 0 Å². The first-order chi connectivity index (χ1) is 4.70. The van der Waals surface area contributed by atoms with E-state index < -0.39 is 0 Å². The third-order valence-corrected chi connectivity index (χ3v) is 3.02. The molecule has 58 valence electrons. The Labute approximate surface area is 62.6 Å². The zero-order valence-corrected chi connectivity index (χ0v) is 6.85.